The van der Waals surface area contributed by atoms with Gasteiger partial charge < -0.3 is 29.9 Å². The molecule has 1 heterocycles. The van der Waals surface area contributed by atoms with E-state index in [-0.39, 0.29) is 23.8 Å². The van der Waals surface area contributed by atoms with Crippen molar-refractivity contribution in [3.8, 4) is 23.0 Å². The largest absolute Gasteiger partial charge is 0.504 e. The first-order valence-electron chi connectivity index (χ1n) is 9.42. The van der Waals surface area contributed by atoms with Crippen LogP contribution in [0.2, 0.25) is 0 Å². The van der Waals surface area contributed by atoms with Gasteiger partial charge in [-0.05, 0) is 36.8 Å². The number of hydrogen-bond donors (Lipinski definition) is 3. The number of hydrogen-bond acceptors (Lipinski definition) is 6. The van der Waals surface area contributed by atoms with Gasteiger partial charge in [-0.3, -0.25) is 9.59 Å². The van der Waals surface area contributed by atoms with Gasteiger partial charge in [0.25, 0.3) is 5.91 Å². The summed E-state index contributed by atoms with van der Waals surface area (Å²) in [5.41, 5.74) is 0.971. The van der Waals surface area contributed by atoms with Gasteiger partial charge in [0, 0.05) is 31.7 Å². The summed E-state index contributed by atoms with van der Waals surface area (Å²) >= 11 is 0. The first-order valence-corrected chi connectivity index (χ1v) is 9.42. The van der Waals surface area contributed by atoms with Crippen LogP contribution in [0.25, 0.3) is 0 Å². The molecule has 2 aromatic rings. The lowest BCUT2D eigenvalue weighted by molar-refractivity contribution is -0.131. The van der Waals surface area contributed by atoms with E-state index in [2.05, 4.69) is 0 Å². The van der Waals surface area contributed by atoms with E-state index in [0.29, 0.717) is 32.8 Å². The van der Waals surface area contributed by atoms with Crippen molar-refractivity contribution in [2.45, 2.75) is 13.3 Å². The predicted molar refractivity (Wildman–Crippen MR) is 105 cm³/mol. The summed E-state index contributed by atoms with van der Waals surface area (Å²) in [6.07, 6.45) is 0.278. The number of benzene rings is 2. The molecule has 8 heteroatoms. The van der Waals surface area contributed by atoms with Crippen molar-refractivity contribution in [1.29, 1.82) is 0 Å². The van der Waals surface area contributed by atoms with E-state index in [1.54, 1.807) is 9.80 Å². The maximum absolute atomic E-state index is 12.6. The standard InChI is InChI=1S/C21H24N2O6/c1-2-29-16-5-3-14(4-6-16)11-19(26)22-7-9-23(10-8-22)21(28)15-12-17(24)20(27)18(25)13-15/h3-6,12-13,24-25,27H,2,7-11H2,1H3. The van der Waals surface area contributed by atoms with Gasteiger partial charge in [-0.15, -0.1) is 0 Å². The number of phenols is 3. The van der Waals surface area contributed by atoms with E-state index in [1.165, 1.54) is 0 Å². The van der Waals surface area contributed by atoms with Crippen LogP contribution in [0.4, 0.5) is 0 Å². The van der Waals surface area contributed by atoms with Gasteiger partial charge in [0.15, 0.2) is 17.2 Å². The zero-order valence-corrected chi connectivity index (χ0v) is 16.2. The fourth-order valence-corrected chi connectivity index (χ4v) is 3.23. The lowest BCUT2D eigenvalue weighted by atomic mass is 10.1. The topological polar surface area (TPSA) is 111 Å². The zero-order chi connectivity index (χ0) is 21.0. The first kappa shape index (κ1) is 20.3. The number of ether oxygens (including phenoxy) is 1. The molecule has 8 nitrogen and oxygen atoms in total. The zero-order valence-electron chi connectivity index (χ0n) is 16.2. The molecule has 0 radical (unpaired) electrons. The maximum atomic E-state index is 12.6. The third-order valence-corrected chi connectivity index (χ3v) is 4.83. The van der Waals surface area contributed by atoms with Gasteiger partial charge in [-0.2, -0.15) is 0 Å². The molecule has 1 aliphatic heterocycles. The Morgan fingerprint density at radius 3 is 2.03 bits per heavy atom. The van der Waals surface area contributed by atoms with E-state index >= 15 is 0 Å². The second kappa shape index (κ2) is 8.72. The summed E-state index contributed by atoms with van der Waals surface area (Å²) in [4.78, 5) is 28.4. The van der Waals surface area contributed by atoms with Gasteiger partial charge >= 0.3 is 0 Å². The quantitative estimate of drug-likeness (QED) is 0.660. The Balaban J connectivity index is 1.55. The summed E-state index contributed by atoms with van der Waals surface area (Å²) < 4.78 is 5.40. The molecule has 0 aliphatic carbocycles. The van der Waals surface area contributed by atoms with E-state index in [1.807, 2.05) is 31.2 Å². The van der Waals surface area contributed by atoms with Crippen molar-refractivity contribution in [2.24, 2.45) is 0 Å². The van der Waals surface area contributed by atoms with Crippen molar-refractivity contribution < 1.29 is 29.6 Å². The Morgan fingerprint density at radius 2 is 1.48 bits per heavy atom. The number of nitrogens with zero attached hydrogens (tertiary/aromatic N) is 2. The average Bonchev–Trinajstić information content (AvgIpc) is 2.73. The van der Waals surface area contributed by atoms with Crippen LogP contribution in [-0.4, -0.2) is 69.7 Å². The number of carbonyl (C=O) groups excluding carboxylic acids is 2. The monoisotopic (exact) mass is 400 g/mol. The molecule has 1 saturated heterocycles. The highest BCUT2D eigenvalue weighted by molar-refractivity contribution is 5.95. The Bertz CT molecular complexity index is 866. The Kier molecular flexibility index (Phi) is 6.11. The lowest BCUT2D eigenvalue weighted by Gasteiger charge is -2.35. The number of phenolic OH excluding ortho intramolecular Hbond substituents is 3. The highest BCUT2D eigenvalue weighted by Crippen LogP contribution is 2.35. The minimum Gasteiger partial charge on any atom is -0.504 e. The molecule has 1 fully saturated rings. The molecule has 0 aromatic heterocycles. The number of aromatic hydroxyl groups is 3. The van der Waals surface area contributed by atoms with Crippen LogP contribution in [0.3, 0.4) is 0 Å². The molecule has 29 heavy (non-hydrogen) atoms. The molecule has 0 atom stereocenters. The molecule has 3 N–H and O–H groups in total. The molecule has 0 unspecified atom stereocenters. The van der Waals surface area contributed by atoms with Crippen molar-refractivity contribution in [3.05, 3.63) is 47.5 Å². The molecule has 154 valence electrons. The third-order valence-electron chi connectivity index (χ3n) is 4.83. The van der Waals surface area contributed by atoms with Gasteiger partial charge in [0.2, 0.25) is 5.91 Å². The molecule has 2 amide bonds. The molecule has 0 saturated carbocycles. The van der Waals surface area contributed by atoms with Crippen molar-refractivity contribution in [3.63, 3.8) is 0 Å². The van der Waals surface area contributed by atoms with Crippen LogP contribution in [0, 0.1) is 0 Å². The Morgan fingerprint density at radius 1 is 0.931 bits per heavy atom. The second-order valence-electron chi connectivity index (χ2n) is 6.79. The Hall–Kier alpha value is -3.42. The Labute approximate surface area is 168 Å². The van der Waals surface area contributed by atoms with Crippen molar-refractivity contribution in [2.75, 3.05) is 32.8 Å². The summed E-state index contributed by atoms with van der Waals surface area (Å²) in [5.74, 6) is -1.40. The van der Waals surface area contributed by atoms with Crippen LogP contribution in [-0.2, 0) is 11.2 Å². The SMILES string of the molecule is CCOc1ccc(CC(=O)N2CCN(C(=O)c3cc(O)c(O)c(O)c3)CC2)cc1. The summed E-state index contributed by atoms with van der Waals surface area (Å²) in [6, 6.07) is 9.64. The number of rotatable bonds is 5. The van der Waals surface area contributed by atoms with Crippen LogP contribution >= 0.6 is 0 Å². The molecular formula is C21H24N2O6. The minimum atomic E-state index is -0.661. The van der Waals surface area contributed by atoms with Crippen LogP contribution < -0.4 is 4.74 Å². The predicted octanol–water partition coefficient (Wildman–Crippen LogP) is 1.73. The normalized spacial score (nSPS) is 14.0. The average molecular weight is 400 g/mol. The second-order valence-corrected chi connectivity index (χ2v) is 6.79. The van der Waals surface area contributed by atoms with Gasteiger partial charge in [-0.25, -0.2) is 0 Å². The summed E-state index contributed by atoms with van der Waals surface area (Å²) in [5, 5.41) is 28.6. The third kappa shape index (κ3) is 4.71. The fourth-order valence-electron chi connectivity index (χ4n) is 3.23. The first-order chi connectivity index (χ1) is 13.9. The molecule has 1 aliphatic rings. The van der Waals surface area contributed by atoms with Crippen molar-refractivity contribution in [1.82, 2.24) is 9.80 Å². The summed E-state index contributed by atoms with van der Waals surface area (Å²) in [6.45, 7) is 3.99. The molecular weight excluding hydrogens is 376 g/mol. The van der Waals surface area contributed by atoms with Gasteiger partial charge in [0.05, 0.1) is 13.0 Å². The maximum Gasteiger partial charge on any atom is 0.254 e. The van der Waals surface area contributed by atoms with Gasteiger partial charge in [-0.1, -0.05) is 12.1 Å². The molecule has 0 bridgehead atoms. The highest BCUT2D eigenvalue weighted by atomic mass is 16.5. The van der Waals surface area contributed by atoms with E-state index in [0.717, 1.165) is 23.4 Å². The molecule has 0 spiro atoms. The van der Waals surface area contributed by atoms with Crippen molar-refractivity contribution >= 4 is 11.8 Å². The number of carbonyl (C=O) groups is 2. The smallest absolute Gasteiger partial charge is 0.254 e. The van der Waals surface area contributed by atoms with Gasteiger partial charge in [0.1, 0.15) is 5.75 Å². The molecule has 3 rings (SSSR count). The van der Waals surface area contributed by atoms with Crippen LogP contribution in [0.15, 0.2) is 36.4 Å². The minimum absolute atomic E-state index is 0.0128. The van der Waals surface area contributed by atoms with E-state index in [4.69, 9.17) is 4.74 Å². The van der Waals surface area contributed by atoms with Crippen LogP contribution in [0.5, 0.6) is 23.0 Å². The lowest BCUT2D eigenvalue weighted by Crippen LogP contribution is -2.51. The van der Waals surface area contributed by atoms with E-state index in [9.17, 15) is 24.9 Å². The highest BCUT2D eigenvalue weighted by Gasteiger charge is 2.26. The van der Waals surface area contributed by atoms with E-state index < -0.39 is 17.2 Å². The summed E-state index contributed by atoms with van der Waals surface area (Å²) in [7, 11) is 0. The molecule has 2 aromatic carbocycles. The number of amides is 2. The fraction of sp³-hybridized carbons (Fsp3) is 0.333. The van der Waals surface area contributed by atoms with Crippen LogP contribution in [0.1, 0.15) is 22.8 Å². The number of piperazine rings is 1.